The van der Waals surface area contributed by atoms with Crippen LogP contribution in [-0.2, 0) is 0 Å². The minimum atomic E-state index is -0.508. The van der Waals surface area contributed by atoms with Crippen molar-refractivity contribution in [1.82, 2.24) is 9.88 Å². The van der Waals surface area contributed by atoms with Crippen molar-refractivity contribution in [3.8, 4) is 5.75 Å². The van der Waals surface area contributed by atoms with Crippen LogP contribution in [0, 0.1) is 5.82 Å². The highest BCUT2D eigenvalue weighted by Gasteiger charge is 2.31. The van der Waals surface area contributed by atoms with Crippen LogP contribution in [0.4, 0.5) is 4.39 Å². The Hall–Kier alpha value is -1.60. The molecule has 0 aliphatic carbocycles. The monoisotopic (exact) mass is 396 g/mol. The number of halogens is 2. The normalized spacial score (nSPS) is 17.3. The maximum absolute atomic E-state index is 13.3. The molecule has 1 atom stereocenters. The van der Waals surface area contributed by atoms with E-state index in [9.17, 15) is 9.18 Å². The van der Waals surface area contributed by atoms with E-state index in [-0.39, 0.29) is 16.8 Å². The van der Waals surface area contributed by atoms with Crippen molar-refractivity contribution in [3.05, 3.63) is 58.1 Å². The molecule has 0 N–H and O–H groups in total. The van der Waals surface area contributed by atoms with Crippen LogP contribution in [0.2, 0.25) is 0 Å². The van der Waals surface area contributed by atoms with Gasteiger partial charge in [0.05, 0.1) is 23.3 Å². The zero-order valence-corrected chi connectivity index (χ0v) is 14.7. The molecule has 3 rings (SSSR count). The van der Waals surface area contributed by atoms with Gasteiger partial charge in [0.15, 0.2) is 0 Å². The second kappa shape index (κ2) is 6.88. The zero-order chi connectivity index (χ0) is 16.4. The van der Waals surface area contributed by atoms with Crippen molar-refractivity contribution in [1.29, 1.82) is 0 Å². The minimum Gasteiger partial charge on any atom is -0.496 e. The van der Waals surface area contributed by atoms with Gasteiger partial charge in [-0.3, -0.25) is 9.78 Å². The van der Waals surface area contributed by atoms with Crippen molar-refractivity contribution in [2.24, 2.45) is 0 Å². The fourth-order valence-electron chi connectivity index (χ4n) is 2.49. The first-order chi connectivity index (χ1) is 11.1. The highest BCUT2D eigenvalue weighted by atomic mass is 79.9. The fourth-order valence-corrected chi connectivity index (χ4v) is 4.29. The van der Waals surface area contributed by atoms with E-state index < -0.39 is 5.82 Å². The smallest absolute Gasteiger partial charge is 0.256 e. The Kier molecular flexibility index (Phi) is 4.87. The summed E-state index contributed by atoms with van der Waals surface area (Å²) in [5.74, 6) is 0.859. The molecule has 1 aliphatic rings. The standard InChI is InChI=1S/C16H14BrFN2O2S/c1-22-14-3-2-10(7-13(14)17)16-20(4-5-23-16)15(21)11-6-12(18)9-19-8-11/h2-3,6-9,16H,4-5H2,1H3. The lowest BCUT2D eigenvalue weighted by Crippen LogP contribution is -2.30. The number of amides is 1. The number of aromatic nitrogens is 1. The second-order valence-electron chi connectivity index (χ2n) is 5.01. The number of hydrogen-bond acceptors (Lipinski definition) is 4. The molecule has 1 fully saturated rings. The van der Waals surface area contributed by atoms with Crippen molar-refractivity contribution in [3.63, 3.8) is 0 Å². The number of carbonyl (C=O) groups excluding carboxylic acids is 1. The van der Waals surface area contributed by atoms with E-state index in [1.54, 1.807) is 23.8 Å². The summed E-state index contributed by atoms with van der Waals surface area (Å²) in [6, 6.07) is 6.98. The number of thioether (sulfide) groups is 1. The molecule has 120 valence electrons. The van der Waals surface area contributed by atoms with E-state index in [1.165, 1.54) is 12.3 Å². The number of methoxy groups -OCH3 is 1. The molecule has 23 heavy (non-hydrogen) atoms. The van der Waals surface area contributed by atoms with Crippen LogP contribution in [0.3, 0.4) is 0 Å². The number of benzene rings is 1. The molecule has 0 spiro atoms. The van der Waals surface area contributed by atoms with Gasteiger partial charge in [0.25, 0.3) is 5.91 Å². The van der Waals surface area contributed by atoms with Gasteiger partial charge < -0.3 is 9.64 Å². The number of ether oxygens (including phenoxy) is 1. The largest absolute Gasteiger partial charge is 0.496 e. The minimum absolute atomic E-state index is 0.104. The van der Waals surface area contributed by atoms with Crippen LogP contribution < -0.4 is 4.74 Å². The molecule has 7 heteroatoms. The highest BCUT2D eigenvalue weighted by Crippen LogP contribution is 2.40. The van der Waals surface area contributed by atoms with E-state index in [0.717, 1.165) is 27.7 Å². The van der Waals surface area contributed by atoms with E-state index >= 15 is 0 Å². The van der Waals surface area contributed by atoms with Crippen LogP contribution in [0.25, 0.3) is 0 Å². The van der Waals surface area contributed by atoms with Gasteiger partial charge in [-0.25, -0.2) is 4.39 Å². The third-order valence-corrected chi connectivity index (χ3v) is 5.45. The van der Waals surface area contributed by atoms with Gasteiger partial charge >= 0.3 is 0 Å². The third kappa shape index (κ3) is 3.35. The number of rotatable bonds is 3. The summed E-state index contributed by atoms with van der Waals surface area (Å²) in [6.45, 7) is 0.619. The van der Waals surface area contributed by atoms with Crippen LogP contribution >= 0.6 is 27.7 Å². The summed E-state index contributed by atoms with van der Waals surface area (Å²) in [4.78, 5) is 18.2. The number of carbonyl (C=O) groups is 1. The van der Waals surface area contributed by atoms with Gasteiger partial charge in [0.2, 0.25) is 0 Å². The van der Waals surface area contributed by atoms with E-state index in [1.807, 2.05) is 18.2 Å². The molecular formula is C16H14BrFN2O2S. The zero-order valence-electron chi connectivity index (χ0n) is 12.3. The second-order valence-corrected chi connectivity index (χ2v) is 7.05. The molecule has 1 amide bonds. The Labute approximate surface area is 146 Å². The molecule has 1 aliphatic heterocycles. The van der Waals surface area contributed by atoms with Crippen LogP contribution in [0.15, 0.2) is 41.1 Å². The van der Waals surface area contributed by atoms with Crippen molar-refractivity contribution >= 4 is 33.6 Å². The number of nitrogens with zero attached hydrogens (tertiary/aromatic N) is 2. The molecule has 2 heterocycles. The average molecular weight is 397 g/mol. The summed E-state index contributed by atoms with van der Waals surface area (Å²) in [5.41, 5.74) is 1.27. The maximum atomic E-state index is 13.3. The van der Waals surface area contributed by atoms with Gasteiger partial charge in [-0.05, 0) is 39.7 Å². The molecular weight excluding hydrogens is 383 g/mol. The molecule has 0 bridgehead atoms. The molecule has 1 saturated heterocycles. The van der Waals surface area contributed by atoms with E-state index in [0.29, 0.717) is 6.54 Å². The SMILES string of the molecule is COc1ccc(C2SCCN2C(=O)c2cncc(F)c2)cc1Br. The topological polar surface area (TPSA) is 42.4 Å². The van der Waals surface area contributed by atoms with Crippen LogP contribution in [0.5, 0.6) is 5.75 Å². The van der Waals surface area contributed by atoms with Crippen molar-refractivity contribution < 1.29 is 13.9 Å². The average Bonchev–Trinajstić information content (AvgIpc) is 3.03. The summed E-state index contributed by atoms with van der Waals surface area (Å²) in [6.07, 6.45) is 2.49. The van der Waals surface area contributed by atoms with E-state index in [4.69, 9.17) is 4.74 Å². The Balaban J connectivity index is 1.88. The Morgan fingerprint density at radius 3 is 2.96 bits per heavy atom. The molecule has 0 radical (unpaired) electrons. The maximum Gasteiger partial charge on any atom is 0.256 e. The number of pyridine rings is 1. The molecule has 0 saturated carbocycles. The lowest BCUT2D eigenvalue weighted by molar-refractivity contribution is 0.0759. The molecule has 1 aromatic carbocycles. The Morgan fingerprint density at radius 2 is 2.26 bits per heavy atom. The third-order valence-electron chi connectivity index (χ3n) is 3.56. The molecule has 4 nitrogen and oxygen atoms in total. The number of hydrogen-bond donors (Lipinski definition) is 0. The van der Waals surface area contributed by atoms with Gasteiger partial charge in [-0.2, -0.15) is 0 Å². The predicted molar refractivity (Wildman–Crippen MR) is 91.1 cm³/mol. The lowest BCUT2D eigenvalue weighted by atomic mass is 10.1. The molecule has 2 aromatic rings. The van der Waals surface area contributed by atoms with Gasteiger partial charge in [0.1, 0.15) is 16.9 Å². The molecule has 1 aromatic heterocycles. The molecule has 1 unspecified atom stereocenters. The highest BCUT2D eigenvalue weighted by molar-refractivity contribution is 9.10. The van der Waals surface area contributed by atoms with Crippen LogP contribution in [-0.4, -0.2) is 35.2 Å². The first-order valence-electron chi connectivity index (χ1n) is 6.96. The summed E-state index contributed by atoms with van der Waals surface area (Å²) in [7, 11) is 1.61. The van der Waals surface area contributed by atoms with Crippen LogP contribution in [0.1, 0.15) is 21.3 Å². The fraction of sp³-hybridized carbons (Fsp3) is 0.250. The van der Waals surface area contributed by atoms with Crippen molar-refractivity contribution in [2.75, 3.05) is 19.4 Å². The lowest BCUT2D eigenvalue weighted by Gasteiger charge is -2.24. The quantitative estimate of drug-likeness (QED) is 0.789. The van der Waals surface area contributed by atoms with Gasteiger partial charge in [-0.1, -0.05) is 6.07 Å². The first-order valence-corrected chi connectivity index (χ1v) is 8.81. The van der Waals surface area contributed by atoms with Gasteiger partial charge in [0, 0.05) is 18.5 Å². The van der Waals surface area contributed by atoms with Gasteiger partial charge in [-0.15, -0.1) is 11.8 Å². The summed E-state index contributed by atoms with van der Waals surface area (Å²) < 4.78 is 19.4. The summed E-state index contributed by atoms with van der Waals surface area (Å²) in [5, 5.41) is -0.104. The Bertz CT molecular complexity index is 744. The van der Waals surface area contributed by atoms with Crippen molar-refractivity contribution in [2.45, 2.75) is 5.37 Å². The predicted octanol–water partition coefficient (Wildman–Crippen LogP) is 3.88. The Morgan fingerprint density at radius 1 is 1.43 bits per heavy atom. The summed E-state index contributed by atoms with van der Waals surface area (Å²) >= 11 is 5.15. The van der Waals surface area contributed by atoms with E-state index in [2.05, 4.69) is 20.9 Å². The first kappa shape index (κ1) is 16.3.